The summed E-state index contributed by atoms with van der Waals surface area (Å²) in [6, 6.07) is 9.47. The highest BCUT2D eigenvalue weighted by Gasteiger charge is 2.20. The molecule has 21 heavy (non-hydrogen) atoms. The van der Waals surface area contributed by atoms with Gasteiger partial charge in [-0.1, -0.05) is 12.1 Å². The van der Waals surface area contributed by atoms with Crippen LogP contribution in [0.1, 0.15) is 11.4 Å². The van der Waals surface area contributed by atoms with Crippen LogP contribution in [0.15, 0.2) is 30.3 Å². The van der Waals surface area contributed by atoms with Gasteiger partial charge in [0, 0.05) is 37.6 Å². The minimum absolute atomic E-state index is 0.341. The van der Waals surface area contributed by atoms with Crippen molar-refractivity contribution >= 4 is 11.6 Å². The molecule has 0 aliphatic carbocycles. The molecule has 0 amide bonds. The highest BCUT2D eigenvalue weighted by Crippen LogP contribution is 2.27. The lowest BCUT2D eigenvalue weighted by Crippen LogP contribution is -2.47. The first kappa shape index (κ1) is 13.7. The predicted octanol–water partition coefficient (Wildman–Crippen LogP) is 2.13. The molecule has 5 heteroatoms. The number of para-hydroxylation sites is 2. The summed E-state index contributed by atoms with van der Waals surface area (Å²) >= 11 is 0. The van der Waals surface area contributed by atoms with E-state index in [2.05, 4.69) is 19.8 Å². The van der Waals surface area contributed by atoms with Gasteiger partial charge < -0.3 is 14.9 Å². The van der Waals surface area contributed by atoms with E-state index in [1.54, 1.807) is 6.07 Å². The number of anilines is 2. The number of piperazine rings is 1. The van der Waals surface area contributed by atoms with Crippen LogP contribution in [0.4, 0.5) is 11.6 Å². The molecule has 1 saturated heterocycles. The third kappa shape index (κ3) is 2.91. The standard InChI is InChI=1S/C16H20N4O/c1-12-11-13(2)18-16(17-12)20-9-7-19(8-10-20)14-5-3-4-6-15(14)21/h3-6,11,21H,7-10H2,1-2H3. The van der Waals surface area contributed by atoms with Gasteiger partial charge >= 0.3 is 0 Å². The van der Waals surface area contributed by atoms with Crippen molar-refractivity contribution in [3.63, 3.8) is 0 Å². The van der Waals surface area contributed by atoms with Crippen LogP contribution in [0, 0.1) is 13.8 Å². The highest BCUT2D eigenvalue weighted by atomic mass is 16.3. The zero-order valence-corrected chi connectivity index (χ0v) is 12.5. The van der Waals surface area contributed by atoms with Crippen molar-refractivity contribution in [1.82, 2.24) is 9.97 Å². The lowest BCUT2D eigenvalue weighted by atomic mass is 10.2. The molecular weight excluding hydrogens is 264 g/mol. The number of aromatic nitrogens is 2. The molecule has 1 N–H and O–H groups in total. The fourth-order valence-corrected chi connectivity index (χ4v) is 2.73. The molecule has 5 nitrogen and oxygen atoms in total. The van der Waals surface area contributed by atoms with Crippen molar-refractivity contribution in [2.24, 2.45) is 0 Å². The summed E-state index contributed by atoms with van der Waals surface area (Å²) in [5, 5.41) is 9.94. The van der Waals surface area contributed by atoms with E-state index in [4.69, 9.17) is 0 Å². The third-order valence-corrected chi connectivity index (χ3v) is 3.76. The van der Waals surface area contributed by atoms with Crippen LogP contribution < -0.4 is 9.80 Å². The fraction of sp³-hybridized carbons (Fsp3) is 0.375. The molecule has 1 aromatic heterocycles. The third-order valence-electron chi connectivity index (χ3n) is 3.76. The molecule has 1 fully saturated rings. The second kappa shape index (κ2) is 5.60. The van der Waals surface area contributed by atoms with Gasteiger partial charge in [-0.15, -0.1) is 0 Å². The Morgan fingerprint density at radius 2 is 1.48 bits per heavy atom. The lowest BCUT2D eigenvalue weighted by Gasteiger charge is -2.36. The molecule has 110 valence electrons. The molecule has 1 aromatic carbocycles. The molecule has 0 radical (unpaired) electrons. The minimum Gasteiger partial charge on any atom is -0.506 e. The second-order valence-electron chi connectivity index (χ2n) is 5.41. The van der Waals surface area contributed by atoms with Gasteiger partial charge in [-0.2, -0.15) is 0 Å². The summed E-state index contributed by atoms with van der Waals surface area (Å²) in [4.78, 5) is 13.4. The monoisotopic (exact) mass is 284 g/mol. The van der Waals surface area contributed by atoms with Gasteiger partial charge in [-0.25, -0.2) is 9.97 Å². The van der Waals surface area contributed by atoms with Crippen LogP contribution in [-0.4, -0.2) is 41.3 Å². The maximum atomic E-state index is 9.94. The Morgan fingerprint density at radius 1 is 0.905 bits per heavy atom. The normalized spacial score (nSPS) is 15.3. The zero-order chi connectivity index (χ0) is 14.8. The zero-order valence-electron chi connectivity index (χ0n) is 12.5. The number of hydrogen-bond acceptors (Lipinski definition) is 5. The Kier molecular flexibility index (Phi) is 3.64. The Labute approximate surface area is 124 Å². The van der Waals surface area contributed by atoms with Crippen molar-refractivity contribution in [2.75, 3.05) is 36.0 Å². The molecule has 0 saturated carbocycles. The number of benzene rings is 1. The number of phenolic OH excluding ortho intramolecular Hbond substituents is 1. The van der Waals surface area contributed by atoms with E-state index in [0.717, 1.165) is 49.2 Å². The number of hydrogen-bond donors (Lipinski definition) is 1. The van der Waals surface area contributed by atoms with E-state index in [9.17, 15) is 5.11 Å². The van der Waals surface area contributed by atoms with Crippen molar-refractivity contribution in [2.45, 2.75) is 13.8 Å². The van der Waals surface area contributed by atoms with Crippen LogP contribution in [-0.2, 0) is 0 Å². The summed E-state index contributed by atoms with van der Waals surface area (Å²) in [6.07, 6.45) is 0. The average molecular weight is 284 g/mol. The van der Waals surface area contributed by atoms with Crippen molar-refractivity contribution in [3.05, 3.63) is 41.7 Å². The minimum atomic E-state index is 0.341. The number of aryl methyl sites for hydroxylation is 2. The van der Waals surface area contributed by atoms with E-state index in [0.29, 0.717) is 5.75 Å². The van der Waals surface area contributed by atoms with Gasteiger partial charge in [0.25, 0.3) is 0 Å². The molecule has 2 aromatic rings. The first-order valence-corrected chi connectivity index (χ1v) is 7.23. The molecule has 1 aliphatic rings. The quantitative estimate of drug-likeness (QED) is 0.915. The largest absolute Gasteiger partial charge is 0.506 e. The van der Waals surface area contributed by atoms with Gasteiger partial charge in [0.1, 0.15) is 5.75 Å². The van der Waals surface area contributed by atoms with Gasteiger partial charge in [0.05, 0.1) is 5.69 Å². The molecule has 0 spiro atoms. The van der Waals surface area contributed by atoms with Crippen molar-refractivity contribution in [3.8, 4) is 5.75 Å². The average Bonchev–Trinajstić information content (AvgIpc) is 2.47. The van der Waals surface area contributed by atoms with Gasteiger partial charge in [0.2, 0.25) is 5.95 Å². The molecule has 0 unspecified atom stereocenters. The first-order chi connectivity index (χ1) is 10.1. The summed E-state index contributed by atoms with van der Waals surface area (Å²) in [6.45, 7) is 7.42. The van der Waals surface area contributed by atoms with E-state index < -0.39 is 0 Å². The van der Waals surface area contributed by atoms with Gasteiger partial charge in [-0.3, -0.25) is 0 Å². The Hall–Kier alpha value is -2.30. The van der Waals surface area contributed by atoms with Crippen molar-refractivity contribution in [1.29, 1.82) is 0 Å². The SMILES string of the molecule is Cc1cc(C)nc(N2CCN(c3ccccc3O)CC2)n1. The molecule has 0 atom stereocenters. The Bertz CT molecular complexity index is 616. The van der Waals surface area contributed by atoms with Crippen LogP contribution >= 0.6 is 0 Å². The molecule has 3 rings (SSSR count). The first-order valence-electron chi connectivity index (χ1n) is 7.23. The predicted molar refractivity (Wildman–Crippen MR) is 84.0 cm³/mol. The van der Waals surface area contributed by atoms with Crippen LogP contribution in [0.3, 0.4) is 0 Å². The highest BCUT2D eigenvalue weighted by molar-refractivity contribution is 5.58. The topological polar surface area (TPSA) is 52.5 Å². The van der Waals surface area contributed by atoms with Gasteiger partial charge in [-0.05, 0) is 32.0 Å². The maximum Gasteiger partial charge on any atom is 0.225 e. The summed E-state index contributed by atoms with van der Waals surface area (Å²) < 4.78 is 0. The van der Waals surface area contributed by atoms with E-state index in [-0.39, 0.29) is 0 Å². The van der Waals surface area contributed by atoms with Gasteiger partial charge in [0.15, 0.2) is 0 Å². The van der Waals surface area contributed by atoms with Crippen LogP contribution in [0.2, 0.25) is 0 Å². The van der Waals surface area contributed by atoms with E-state index in [1.165, 1.54) is 0 Å². The maximum absolute atomic E-state index is 9.94. The molecule has 0 bridgehead atoms. The summed E-state index contributed by atoms with van der Waals surface area (Å²) in [5.74, 6) is 1.15. The summed E-state index contributed by atoms with van der Waals surface area (Å²) in [7, 11) is 0. The number of rotatable bonds is 2. The summed E-state index contributed by atoms with van der Waals surface area (Å²) in [5.41, 5.74) is 2.90. The van der Waals surface area contributed by atoms with Crippen molar-refractivity contribution < 1.29 is 5.11 Å². The number of phenols is 1. The van der Waals surface area contributed by atoms with E-state index in [1.807, 2.05) is 38.1 Å². The molecule has 2 heterocycles. The fourth-order valence-electron chi connectivity index (χ4n) is 2.73. The van der Waals surface area contributed by atoms with Crippen LogP contribution in [0.25, 0.3) is 0 Å². The van der Waals surface area contributed by atoms with E-state index >= 15 is 0 Å². The Balaban J connectivity index is 1.72. The lowest BCUT2D eigenvalue weighted by molar-refractivity contribution is 0.472. The number of nitrogens with zero attached hydrogens (tertiary/aromatic N) is 4. The van der Waals surface area contributed by atoms with Crippen LogP contribution in [0.5, 0.6) is 5.75 Å². The molecule has 1 aliphatic heterocycles. The number of aromatic hydroxyl groups is 1. The second-order valence-corrected chi connectivity index (χ2v) is 5.41. The molecular formula is C16H20N4O. The Morgan fingerprint density at radius 3 is 2.10 bits per heavy atom. The smallest absolute Gasteiger partial charge is 0.225 e.